The van der Waals surface area contributed by atoms with Crippen LogP contribution in [-0.4, -0.2) is 51.6 Å². The number of thiophene rings is 1. The maximum atomic E-state index is 13.8. The van der Waals surface area contributed by atoms with Crippen LogP contribution in [0.4, 0.5) is 27.0 Å². The summed E-state index contributed by atoms with van der Waals surface area (Å²) in [6, 6.07) is 12.5. The van der Waals surface area contributed by atoms with Crippen LogP contribution in [0, 0.1) is 6.92 Å². The highest BCUT2D eigenvalue weighted by molar-refractivity contribution is 7.81. The molecule has 5 nitrogen and oxygen atoms in total. The number of ether oxygens (including phenoxy) is 1. The number of anilines is 1. The number of rotatable bonds is 8. The maximum Gasteiger partial charge on any atom is 0.573 e. The molecule has 2 unspecified atom stereocenters. The monoisotopic (exact) mass is 548 g/mol. The van der Waals surface area contributed by atoms with Crippen molar-refractivity contribution in [1.82, 2.24) is 4.90 Å². The van der Waals surface area contributed by atoms with Gasteiger partial charge in [-0.15, -0.1) is 24.5 Å². The molecule has 196 valence electrons. The van der Waals surface area contributed by atoms with Crippen molar-refractivity contribution in [2.75, 3.05) is 23.9 Å². The molecule has 0 radical (unpaired) electrons. The van der Waals surface area contributed by atoms with Crippen molar-refractivity contribution in [3.05, 3.63) is 59.7 Å². The summed E-state index contributed by atoms with van der Waals surface area (Å²) in [6.07, 6.45) is -5.18. The van der Waals surface area contributed by atoms with E-state index in [-0.39, 0.29) is 44.6 Å². The third-order valence-electron chi connectivity index (χ3n) is 6.28. The second-order valence-electron chi connectivity index (χ2n) is 8.76. The molecule has 4 rings (SSSR count). The molecule has 1 N–H and O–H groups in total. The summed E-state index contributed by atoms with van der Waals surface area (Å²) in [4.78, 5) is 1.86. The van der Waals surface area contributed by atoms with Gasteiger partial charge in [-0.2, -0.15) is 0 Å². The lowest BCUT2D eigenvalue weighted by molar-refractivity contribution is -0.274. The molecule has 2 heterocycles. The Bertz CT molecular complexity index is 1210. The lowest BCUT2D eigenvalue weighted by Gasteiger charge is -2.39. The first-order valence-electron chi connectivity index (χ1n) is 11.2. The average Bonchev–Trinajstić information content (AvgIpc) is 3.13. The largest absolute Gasteiger partial charge is 0.573 e. The van der Waals surface area contributed by atoms with E-state index in [4.69, 9.17) is 0 Å². The van der Waals surface area contributed by atoms with E-state index in [0.29, 0.717) is 10.6 Å². The van der Waals surface area contributed by atoms with Crippen LogP contribution in [-0.2, 0) is 17.7 Å². The number of aryl methyl sites for hydroxylation is 1. The zero-order valence-electron chi connectivity index (χ0n) is 19.3. The van der Waals surface area contributed by atoms with Crippen LogP contribution in [0.25, 0.3) is 10.1 Å². The van der Waals surface area contributed by atoms with E-state index >= 15 is 0 Å². The van der Waals surface area contributed by atoms with Crippen LogP contribution in [0.5, 0.6) is 5.75 Å². The van der Waals surface area contributed by atoms with Crippen molar-refractivity contribution in [1.29, 1.82) is 0 Å². The summed E-state index contributed by atoms with van der Waals surface area (Å²) in [5.41, 5.74) is 1.50. The van der Waals surface area contributed by atoms with Gasteiger partial charge in [-0.25, -0.2) is 13.0 Å². The highest BCUT2D eigenvalue weighted by atomic mass is 32.2. The molecule has 1 aliphatic rings. The molecule has 1 fully saturated rings. The lowest BCUT2D eigenvalue weighted by atomic mass is 9.99. The van der Waals surface area contributed by atoms with Gasteiger partial charge in [0.1, 0.15) is 10.8 Å². The quantitative estimate of drug-likeness (QED) is 0.262. The zero-order valence-corrected chi connectivity index (χ0v) is 20.9. The fraction of sp³-hybridized carbons (Fsp3) is 0.417. The Morgan fingerprint density at radius 1 is 1.14 bits per heavy atom. The summed E-state index contributed by atoms with van der Waals surface area (Å²) in [6.45, 7) is 2.14. The van der Waals surface area contributed by atoms with E-state index in [1.54, 1.807) is 0 Å². The Balaban J connectivity index is 1.61. The van der Waals surface area contributed by atoms with Gasteiger partial charge in [0.2, 0.25) is 0 Å². The predicted octanol–water partition coefficient (Wildman–Crippen LogP) is 6.39. The van der Waals surface area contributed by atoms with Crippen molar-refractivity contribution < 1.29 is 35.5 Å². The van der Waals surface area contributed by atoms with Crippen molar-refractivity contribution in [3.63, 3.8) is 0 Å². The number of piperidine rings is 1. The summed E-state index contributed by atoms with van der Waals surface area (Å²) >= 11 is -1.01. The predicted molar refractivity (Wildman–Crippen MR) is 131 cm³/mol. The third kappa shape index (κ3) is 6.53. The molecule has 1 aromatic heterocycles. The fourth-order valence-corrected chi connectivity index (χ4v) is 6.44. The standard InChI is InChI=1S/C24H25F5N2O3S2/c1-16-20-4-2-3-5-21(20)35-22(16)31(36(32)33)15-18(30-12-10-23(25,26)11-13-30)14-17-6-8-19(9-7-17)34-24(27,28)29/h2-9,18H,10-15H2,1H3,(H,32,33). The van der Waals surface area contributed by atoms with E-state index in [0.717, 1.165) is 15.6 Å². The maximum absolute atomic E-state index is 13.8. The summed E-state index contributed by atoms with van der Waals surface area (Å²) in [5, 5.41) is 1.57. The summed E-state index contributed by atoms with van der Waals surface area (Å²) in [5.74, 6) is -3.13. The van der Waals surface area contributed by atoms with E-state index in [9.17, 15) is 30.7 Å². The Morgan fingerprint density at radius 2 is 1.78 bits per heavy atom. The number of likely N-dealkylation sites (tertiary alicyclic amines) is 1. The smallest absolute Gasteiger partial charge is 0.406 e. The van der Waals surface area contributed by atoms with Crippen LogP contribution in [0.3, 0.4) is 0 Å². The van der Waals surface area contributed by atoms with Gasteiger partial charge in [0.05, 0.1) is 6.54 Å². The van der Waals surface area contributed by atoms with Gasteiger partial charge in [-0.05, 0) is 48.1 Å². The Morgan fingerprint density at radius 3 is 2.36 bits per heavy atom. The number of alkyl halides is 5. The molecule has 12 heteroatoms. The molecule has 1 aliphatic heterocycles. The van der Waals surface area contributed by atoms with Gasteiger partial charge >= 0.3 is 6.36 Å². The average molecular weight is 549 g/mol. The molecular formula is C24H25F5N2O3S2. The van der Waals surface area contributed by atoms with Gasteiger partial charge in [-0.3, -0.25) is 13.8 Å². The van der Waals surface area contributed by atoms with Crippen molar-refractivity contribution >= 4 is 37.7 Å². The van der Waals surface area contributed by atoms with Crippen LogP contribution in [0.15, 0.2) is 48.5 Å². The first-order chi connectivity index (χ1) is 16.9. The first-order valence-corrected chi connectivity index (χ1v) is 13.1. The van der Waals surface area contributed by atoms with Crippen molar-refractivity contribution in [2.24, 2.45) is 0 Å². The summed E-state index contributed by atoms with van der Waals surface area (Å²) < 4.78 is 94.1. The van der Waals surface area contributed by atoms with E-state index in [1.807, 2.05) is 36.1 Å². The topological polar surface area (TPSA) is 53.0 Å². The molecule has 0 spiro atoms. The van der Waals surface area contributed by atoms with E-state index < -0.39 is 29.6 Å². The van der Waals surface area contributed by atoms with Gasteiger partial charge in [0.25, 0.3) is 17.2 Å². The Labute approximate surface area is 211 Å². The molecule has 2 atom stereocenters. The molecule has 0 amide bonds. The highest BCUT2D eigenvalue weighted by Gasteiger charge is 2.37. The van der Waals surface area contributed by atoms with Crippen LogP contribution < -0.4 is 9.04 Å². The second-order valence-corrected chi connectivity index (χ2v) is 10.7. The molecule has 2 aromatic carbocycles. The molecule has 3 aromatic rings. The molecule has 1 saturated heterocycles. The minimum atomic E-state index is -4.81. The van der Waals surface area contributed by atoms with Crippen LogP contribution in [0.2, 0.25) is 0 Å². The zero-order chi connectivity index (χ0) is 26.1. The molecule has 0 saturated carbocycles. The Hall–Kier alpha value is -2.28. The van der Waals surface area contributed by atoms with Crippen molar-refractivity contribution in [3.8, 4) is 5.75 Å². The lowest BCUT2D eigenvalue weighted by Crippen LogP contribution is -2.50. The molecule has 0 aliphatic carbocycles. The third-order valence-corrected chi connectivity index (χ3v) is 8.40. The van der Waals surface area contributed by atoms with Crippen LogP contribution in [0.1, 0.15) is 24.0 Å². The number of halogens is 5. The summed E-state index contributed by atoms with van der Waals surface area (Å²) in [7, 11) is 0. The fourth-order valence-electron chi connectivity index (χ4n) is 4.43. The number of fused-ring (bicyclic) bond motifs is 1. The van der Waals surface area contributed by atoms with E-state index in [2.05, 4.69) is 4.74 Å². The number of hydrogen-bond acceptors (Lipinski definition) is 4. The highest BCUT2D eigenvalue weighted by Crippen LogP contribution is 2.39. The number of hydrogen-bond donors (Lipinski definition) is 1. The van der Waals surface area contributed by atoms with Crippen LogP contribution >= 0.6 is 11.3 Å². The van der Waals surface area contributed by atoms with Gasteiger partial charge < -0.3 is 4.74 Å². The SMILES string of the molecule is Cc1c(N(CC(Cc2ccc(OC(F)(F)F)cc2)N2CCC(F)(F)CC2)S(=O)O)sc2ccccc12. The molecule has 0 bridgehead atoms. The minimum Gasteiger partial charge on any atom is -0.406 e. The normalized spacial score (nSPS) is 18.2. The number of nitrogens with zero attached hydrogens (tertiary/aromatic N) is 2. The van der Waals surface area contributed by atoms with Gasteiger partial charge in [-0.1, -0.05) is 30.3 Å². The Kier molecular flexibility index (Phi) is 7.89. The molecular weight excluding hydrogens is 523 g/mol. The minimum absolute atomic E-state index is 0.0726. The van der Waals surface area contributed by atoms with Gasteiger partial charge in [0, 0.05) is 36.7 Å². The van der Waals surface area contributed by atoms with Crippen molar-refractivity contribution in [2.45, 2.75) is 44.5 Å². The number of benzene rings is 2. The van der Waals surface area contributed by atoms with Gasteiger partial charge in [0.15, 0.2) is 0 Å². The first kappa shape index (κ1) is 26.8. The molecule has 36 heavy (non-hydrogen) atoms. The second kappa shape index (κ2) is 10.6. The van der Waals surface area contributed by atoms with E-state index in [1.165, 1.54) is 39.9 Å².